The molecule has 112 valence electrons. The van der Waals surface area contributed by atoms with Gasteiger partial charge >= 0.3 is 0 Å². The van der Waals surface area contributed by atoms with Crippen LogP contribution in [0.15, 0.2) is 36.4 Å². The Morgan fingerprint density at radius 1 is 1.19 bits per heavy atom. The molecule has 0 spiro atoms. The predicted molar refractivity (Wildman–Crippen MR) is 84.9 cm³/mol. The molecule has 0 aliphatic rings. The Bertz CT molecular complexity index is 598. The van der Waals surface area contributed by atoms with Gasteiger partial charge in [0.1, 0.15) is 5.82 Å². The van der Waals surface area contributed by atoms with Gasteiger partial charge in [-0.25, -0.2) is 4.39 Å². The summed E-state index contributed by atoms with van der Waals surface area (Å²) < 4.78 is 14.3. The van der Waals surface area contributed by atoms with E-state index in [0.717, 1.165) is 23.5 Å². The smallest absolute Gasteiger partial charge is 0.146 e. The molecule has 0 radical (unpaired) electrons. The van der Waals surface area contributed by atoms with E-state index in [0.29, 0.717) is 18.8 Å². The first-order valence-corrected chi connectivity index (χ1v) is 7.25. The van der Waals surface area contributed by atoms with Crippen LogP contribution in [0.4, 0.5) is 10.1 Å². The van der Waals surface area contributed by atoms with E-state index >= 15 is 0 Å². The third-order valence-corrected chi connectivity index (χ3v) is 3.43. The summed E-state index contributed by atoms with van der Waals surface area (Å²) >= 11 is 0. The number of hydrogen-bond acceptors (Lipinski definition) is 3. The van der Waals surface area contributed by atoms with Crippen LogP contribution in [0.1, 0.15) is 23.9 Å². The van der Waals surface area contributed by atoms with Gasteiger partial charge in [-0.1, -0.05) is 18.2 Å². The third-order valence-electron chi connectivity index (χ3n) is 3.43. The predicted octanol–water partition coefficient (Wildman–Crippen LogP) is 3.28. The topological polar surface area (TPSA) is 28.2 Å². The first-order valence-electron chi connectivity index (χ1n) is 7.25. The molecule has 1 aromatic carbocycles. The van der Waals surface area contributed by atoms with Crippen molar-refractivity contribution in [3.8, 4) is 0 Å². The number of aromatic nitrogens is 1. The van der Waals surface area contributed by atoms with Crippen molar-refractivity contribution in [1.29, 1.82) is 0 Å². The molecule has 4 heteroatoms. The number of anilines is 1. The molecular weight excluding hydrogens is 265 g/mol. The lowest BCUT2D eigenvalue weighted by molar-refractivity contribution is 0.612. The first-order chi connectivity index (χ1) is 10.2. The van der Waals surface area contributed by atoms with Crippen LogP contribution in [0.5, 0.6) is 0 Å². The number of para-hydroxylation sites is 1. The standard InChI is InChI=1S/C17H22FN3/c1-4-21(12-15-9-5-7-13(2)20-15)17-14(11-19-3)8-6-10-16(17)18/h5-10,19H,4,11-12H2,1-3H3. The molecule has 1 N–H and O–H groups in total. The Balaban J connectivity index is 2.33. The fourth-order valence-electron chi connectivity index (χ4n) is 2.48. The SMILES string of the molecule is CCN(Cc1cccc(C)n1)c1c(F)cccc1CNC. The van der Waals surface area contributed by atoms with Gasteiger partial charge < -0.3 is 10.2 Å². The summed E-state index contributed by atoms with van der Waals surface area (Å²) in [6.07, 6.45) is 0. The number of rotatable bonds is 6. The summed E-state index contributed by atoms with van der Waals surface area (Å²) in [5.74, 6) is -0.183. The molecule has 3 nitrogen and oxygen atoms in total. The van der Waals surface area contributed by atoms with E-state index in [-0.39, 0.29) is 5.82 Å². The fourth-order valence-corrected chi connectivity index (χ4v) is 2.48. The van der Waals surface area contributed by atoms with E-state index in [1.165, 1.54) is 6.07 Å². The molecule has 0 bridgehead atoms. The van der Waals surface area contributed by atoms with Crippen LogP contribution in [-0.2, 0) is 13.1 Å². The monoisotopic (exact) mass is 287 g/mol. The van der Waals surface area contributed by atoms with Gasteiger partial charge in [0.25, 0.3) is 0 Å². The lowest BCUT2D eigenvalue weighted by Crippen LogP contribution is -2.26. The summed E-state index contributed by atoms with van der Waals surface area (Å²) in [6.45, 7) is 5.98. The molecule has 2 aromatic rings. The highest BCUT2D eigenvalue weighted by Crippen LogP contribution is 2.25. The van der Waals surface area contributed by atoms with Gasteiger partial charge in [-0.2, -0.15) is 0 Å². The molecule has 0 amide bonds. The second kappa shape index (κ2) is 7.18. The highest BCUT2D eigenvalue weighted by Gasteiger charge is 2.15. The van der Waals surface area contributed by atoms with Crippen LogP contribution in [0, 0.1) is 12.7 Å². The minimum absolute atomic E-state index is 0.183. The minimum atomic E-state index is -0.183. The molecule has 0 atom stereocenters. The Morgan fingerprint density at radius 3 is 2.62 bits per heavy atom. The molecule has 21 heavy (non-hydrogen) atoms. The maximum absolute atomic E-state index is 14.3. The summed E-state index contributed by atoms with van der Waals surface area (Å²) in [5.41, 5.74) is 3.56. The van der Waals surface area contributed by atoms with Crippen LogP contribution >= 0.6 is 0 Å². The second-order valence-electron chi connectivity index (χ2n) is 5.06. The van der Waals surface area contributed by atoms with Crippen molar-refractivity contribution in [1.82, 2.24) is 10.3 Å². The number of nitrogens with zero attached hydrogens (tertiary/aromatic N) is 2. The van der Waals surface area contributed by atoms with Crippen molar-refractivity contribution in [2.75, 3.05) is 18.5 Å². The number of aryl methyl sites for hydroxylation is 1. The second-order valence-corrected chi connectivity index (χ2v) is 5.06. The van der Waals surface area contributed by atoms with Gasteiger partial charge in [0.05, 0.1) is 17.9 Å². The zero-order valence-corrected chi connectivity index (χ0v) is 12.9. The number of benzene rings is 1. The molecule has 2 rings (SSSR count). The molecule has 0 aliphatic heterocycles. The van der Waals surface area contributed by atoms with E-state index in [1.807, 2.05) is 50.1 Å². The van der Waals surface area contributed by atoms with Crippen LogP contribution in [0.25, 0.3) is 0 Å². The van der Waals surface area contributed by atoms with Crippen LogP contribution in [-0.4, -0.2) is 18.6 Å². The van der Waals surface area contributed by atoms with E-state index in [9.17, 15) is 4.39 Å². The molecule has 1 heterocycles. The third kappa shape index (κ3) is 3.79. The molecule has 0 fully saturated rings. The largest absolute Gasteiger partial charge is 0.363 e. The normalized spacial score (nSPS) is 10.7. The van der Waals surface area contributed by atoms with E-state index in [1.54, 1.807) is 6.07 Å². The van der Waals surface area contributed by atoms with E-state index in [4.69, 9.17) is 0 Å². The van der Waals surface area contributed by atoms with Crippen LogP contribution < -0.4 is 10.2 Å². The number of hydrogen-bond donors (Lipinski definition) is 1. The van der Waals surface area contributed by atoms with E-state index < -0.39 is 0 Å². The van der Waals surface area contributed by atoms with Gasteiger partial charge in [0, 0.05) is 18.8 Å². The van der Waals surface area contributed by atoms with Crippen molar-refractivity contribution in [3.05, 3.63) is 59.2 Å². The van der Waals surface area contributed by atoms with Crippen molar-refractivity contribution in [3.63, 3.8) is 0 Å². The maximum Gasteiger partial charge on any atom is 0.146 e. The lowest BCUT2D eigenvalue weighted by atomic mass is 10.1. The van der Waals surface area contributed by atoms with Crippen molar-refractivity contribution < 1.29 is 4.39 Å². The quantitative estimate of drug-likeness (QED) is 0.884. The van der Waals surface area contributed by atoms with Crippen LogP contribution in [0.3, 0.4) is 0 Å². The van der Waals surface area contributed by atoms with E-state index in [2.05, 4.69) is 10.3 Å². The highest BCUT2D eigenvalue weighted by atomic mass is 19.1. The Labute approximate surface area is 125 Å². The zero-order valence-electron chi connectivity index (χ0n) is 12.9. The first kappa shape index (κ1) is 15.4. The van der Waals surface area contributed by atoms with Gasteiger partial charge in [-0.05, 0) is 44.7 Å². The van der Waals surface area contributed by atoms with Crippen LogP contribution in [0.2, 0.25) is 0 Å². The summed E-state index contributed by atoms with van der Waals surface area (Å²) in [5, 5.41) is 3.09. The van der Waals surface area contributed by atoms with Gasteiger partial charge in [-0.15, -0.1) is 0 Å². The molecule has 0 saturated carbocycles. The highest BCUT2D eigenvalue weighted by molar-refractivity contribution is 5.55. The fraction of sp³-hybridized carbons (Fsp3) is 0.353. The molecule has 1 aromatic heterocycles. The van der Waals surface area contributed by atoms with Crippen molar-refractivity contribution in [2.24, 2.45) is 0 Å². The number of halogens is 1. The summed E-state index contributed by atoms with van der Waals surface area (Å²) in [7, 11) is 1.87. The van der Waals surface area contributed by atoms with Gasteiger partial charge in [0.15, 0.2) is 0 Å². The van der Waals surface area contributed by atoms with Gasteiger partial charge in [-0.3, -0.25) is 4.98 Å². The maximum atomic E-state index is 14.3. The summed E-state index contributed by atoms with van der Waals surface area (Å²) in [4.78, 5) is 6.54. The summed E-state index contributed by atoms with van der Waals surface area (Å²) in [6, 6.07) is 11.2. The Hall–Kier alpha value is -1.94. The van der Waals surface area contributed by atoms with Crippen molar-refractivity contribution >= 4 is 5.69 Å². The Morgan fingerprint density at radius 2 is 1.95 bits per heavy atom. The molecule has 0 saturated heterocycles. The molecular formula is C17H22FN3. The molecule has 0 aliphatic carbocycles. The minimum Gasteiger partial charge on any atom is -0.363 e. The average molecular weight is 287 g/mol. The molecule has 0 unspecified atom stereocenters. The zero-order chi connectivity index (χ0) is 15.2. The number of nitrogens with one attached hydrogen (secondary N) is 1. The Kier molecular flexibility index (Phi) is 5.28. The van der Waals surface area contributed by atoms with Crippen molar-refractivity contribution in [2.45, 2.75) is 26.9 Å². The lowest BCUT2D eigenvalue weighted by Gasteiger charge is -2.26. The average Bonchev–Trinajstić information content (AvgIpc) is 2.46. The number of pyridine rings is 1. The van der Waals surface area contributed by atoms with Gasteiger partial charge in [0.2, 0.25) is 0 Å².